The van der Waals surface area contributed by atoms with Crippen molar-refractivity contribution in [3.8, 4) is 0 Å². The number of aliphatic carboxylic acids is 2. The average molecular weight is 476 g/mol. The third-order valence-corrected chi connectivity index (χ3v) is 4.42. The highest BCUT2D eigenvalue weighted by Crippen LogP contribution is 2.05. The molecule has 0 aromatic rings. The average Bonchev–Trinajstić information content (AvgIpc) is 2.73. The van der Waals surface area contributed by atoms with Gasteiger partial charge in [0, 0.05) is 6.42 Å². The van der Waals surface area contributed by atoms with Gasteiger partial charge in [-0.25, -0.2) is 4.79 Å². The highest BCUT2D eigenvalue weighted by atomic mass is 16.4. The van der Waals surface area contributed by atoms with Crippen LogP contribution < -0.4 is 33.2 Å². The third-order valence-electron chi connectivity index (χ3n) is 4.42. The van der Waals surface area contributed by atoms with Crippen molar-refractivity contribution >= 4 is 35.6 Å². The van der Waals surface area contributed by atoms with Crippen LogP contribution in [0.5, 0.6) is 0 Å². The summed E-state index contributed by atoms with van der Waals surface area (Å²) in [6, 6.07) is -5.72. The molecular formula is C18H32N6O9. The van der Waals surface area contributed by atoms with Crippen LogP contribution in [0.2, 0.25) is 0 Å². The zero-order chi connectivity index (χ0) is 25.6. The summed E-state index contributed by atoms with van der Waals surface area (Å²) in [5.74, 6) is -6.63. The van der Waals surface area contributed by atoms with E-state index in [9.17, 15) is 28.8 Å². The number of unbranched alkanes of at least 4 members (excludes halogenated alkanes) is 1. The number of amides is 4. The normalized spacial score (nSPS) is 14.3. The number of carbonyl (C=O) groups is 6. The van der Waals surface area contributed by atoms with Crippen molar-refractivity contribution in [1.82, 2.24) is 16.0 Å². The summed E-state index contributed by atoms with van der Waals surface area (Å²) in [7, 11) is 0. The van der Waals surface area contributed by atoms with Crippen molar-refractivity contribution in [2.45, 2.75) is 62.7 Å². The number of primary amides is 1. The second-order valence-electron chi connectivity index (χ2n) is 7.20. The summed E-state index contributed by atoms with van der Waals surface area (Å²) in [5, 5.41) is 33.6. The fourth-order valence-corrected chi connectivity index (χ4v) is 2.60. The van der Waals surface area contributed by atoms with Crippen molar-refractivity contribution in [3.05, 3.63) is 0 Å². The monoisotopic (exact) mass is 476 g/mol. The molecule has 15 heteroatoms. The quantitative estimate of drug-likeness (QED) is 0.0905. The molecule has 0 heterocycles. The molecule has 0 saturated carbocycles. The molecule has 0 aliphatic heterocycles. The highest BCUT2D eigenvalue weighted by molar-refractivity contribution is 5.94. The van der Waals surface area contributed by atoms with Crippen molar-refractivity contribution < 1.29 is 44.1 Å². The Morgan fingerprint density at radius 1 is 0.788 bits per heavy atom. The molecule has 33 heavy (non-hydrogen) atoms. The lowest BCUT2D eigenvalue weighted by molar-refractivity contribution is -0.147. The van der Waals surface area contributed by atoms with Crippen molar-refractivity contribution in [1.29, 1.82) is 0 Å². The number of aliphatic hydroxyl groups excluding tert-OH is 1. The van der Waals surface area contributed by atoms with E-state index >= 15 is 0 Å². The molecule has 0 aliphatic carbocycles. The predicted octanol–water partition coefficient (Wildman–Crippen LogP) is -4.29. The number of carboxylic acid groups (broad SMARTS) is 2. The molecule has 12 N–H and O–H groups in total. The Labute approximate surface area is 189 Å². The van der Waals surface area contributed by atoms with E-state index in [1.54, 1.807) is 0 Å². The third kappa shape index (κ3) is 12.4. The van der Waals surface area contributed by atoms with E-state index < -0.39 is 72.8 Å². The summed E-state index contributed by atoms with van der Waals surface area (Å²) in [6.07, 6.45) is -0.545. The first-order valence-electron chi connectivity index (χ1n) is 10.1. The van der Waals surface area contributed by atoms with Gasteiger partial charge < -0.3 is 48.5 Å². The van der Waals surface area contributed by atoms with E-state index in [4.69, 9.17) is 32.5 Å². The molecule has 0 spiro atoms. The Hall–Kier alpha value is -3.30. The fraction of sp³-hybridized carbons (Fsp3) is 0.667. The zero-order valence-electron chi connectivity index (χ0n) is 18.0. The maximum absolute atomic E-state index is 12.8. The first-order valence-corrected chi connectivity index (χ1v) is 10.1. The summed E-state index contributed by atoms with van der Waals surface area (Å²) in [6.45, 7) is -0.352. The molecule has 0 aromatic heterocycles. The van der Waals surface area contributed by atoms with Gasteiger partial charge in [-0.2, -0.15) is 0 Å². The Kier molecular flexibility index (Phi) is 13.9. The SMILES string of the molecule is NCCCCC(NC(=O)C(N)CO)C(=O)NC(CCC(N)=O)C(=O)NC(CC(=O)O)C(=O)O. The Bertz CT molecular complexity index is 718. The van der Waals surface area contributed by atoms with Crippen LogP contribution in [0.3, 0.4) is 0 Å². The summed E-state index contributed by atoms with van der Waals surface area (Å²) in [4.78, 5) is 70.5. The van der Waals surface area contributed by atoms with E-state index in [1.807, 2.05) is 5.32 Å². The lowest BCUT2D eigenvalue weighted by Gasteiger charge is -2.24. The Balaban J connectivity index is 5.54. The number of carboxylic acids is 2. The number of aliphatic hydroxyl groups is 1. The van der Waals surface area contributed by atoms with Gasteiger partial charge in [0.1, 0.15) is 24.2 Å². The molecule has 0 fully saturated rings. The second-order valence-corrected chi connectivity index (χ2v) is 7.20. The topological polar surface area (TPSA) is 277 Å². The lowest BCUT2D eigenvalue weighted by Crippen LogP contribution is -2.57. The van der Waals surface area contributed by atoms with E-state index in [0.29, 0.717) is 19.4 Å². The van der Waals surface area contributed by atoms with Gasteiger partial charge in [-0.3, -0.25) is 24.0 Å². The lowest BCUT2D eigenvalue weighted by atomic mass is 10.0. The first-order chi connectivity index (χ1) is 15.4. The van der Waals surface area contributed by atoms with Gasteiger partial charge in [-0.1, -0.05) is 0 Å². The predicted molar refractivity (Wildman–Crippen MR) is 112 cm³/mol. The molecule has 0 rings (SSSR count). The first kappa shape index (κ1) is 29.7. The largest absolute Gasteiger partial charge is 0.481 e. The maximum Gasteiger partial charge on any atom is 0.326 e. The molecule has 0 aliphatic rings. The molecule has 188 valence electrons. The van der Waals surface area contributed by atoms with Crippen molar-refractivity contribution in [2.24, 2.45) is 17.2 Å². The van der Waals surface area contributed by atoms with Crippen LogP contribution in [-0.2, 0) is 28.8 Å². The molecule has 0 radical (unpaired) electrons. The number of hydrogen-bond donors (Lipinski definition) is 9. The molecule has 15 nitrogen and oxygen atoms in total. The molecule has 4 amide bonds. The minimum absolute atomic E-state index is 0.105. The van der Waals surface area contributed by atoms with E-state index in [-0.39, 0.29) is 19.3 Å². The molecule has 4 unspecified atom stereocenters. The summed E-state index contributed by atoms with van der Waals surface area (Å²) in [5.41, 5.74) is 15.9. The Morgan fingerprint density at radius 2 is 1.30 bits per heavy atom. The standard InChI is InChI=1S/C18H32N6O9/c19-6-2-1-3-10(22-15(29)9(20)8-25)16(30)23-11(4-5-13(21)26)17(31)24-12(18(32)33)7-14(27)28/h9-12,25H,1-8,19-20H2,(H2,21,26)(H,22,29)(H,23,30)(H,24,31)(H,27,28)(H,32,33). The van der Waals surface area contributed by atoms with Gasteiger partial charge in [0.25, 0.3) is 0 Å². The van der Waals surface area contributed by atoms with Crippen LogP contribution in [0.4, 0.5) is 0 Å². The number of hydrogen-bond acceptors (Lipinski definition) is 9. The van der Waals surface area contributed by atoms with E-state index in [0.717, 1.165) is 0 Å². The second kappa shape index (κ2) is 15.5. The minimum atomic E-state index is -1.79. The van der Waals surface area contributed by atoms with Gasteiger partial charge in [0.15, 0.2) is 0 Å². The van der Waals surface area contributed by atoms with Crippen molar-refractivity contribution in [3.63, 3.8) is 0 Å². The van der Waals surface area contributed by atoms with Crippen LogP contribution in [0.15, 0.2) is 0 Å². The smallest absolute Gasteiger partial charge is 0.326 e. The van der Waals surface area contributed by atoms with Crippen LogP contribution in [-0.4, -0.2) is 88.2 Å². The van der Waals surface area contributed by atoms with E-state index in [2.05, 4.69) is 10.6 Å². The van der Waals surface area contributed by atoms with Gasteiger partial charge in [-0.05, 0) is 32.2 Å². The van der Waals surface area contributed by atoms with Crippen LogP contribution in [0.1, 0.15) is 38.5 Å². The minimum Gasteiger partial charge on any atom is -0.481 e. The van der Waals surface area contributed by atoms with Crippen LogP contribution >= 0.6 is 0 Å². The Morgan fingerprint density at radius 3 is 1.76 bits per heavy atom. The number of rotatable bonds is 17. The summed E-state index contributed by atoms with van der Waals surface area (Å²) < 4.78 is 0. The number of carbonyl (C=O) groups excluding carboxylic acids is 4. The van der Waals surface area contributed by atoms with Crippen molar-refractivity contribution in [2.75, 3.05) is 13.2 Å². The molecular weight excluding hydrogens is 444 g/mol. The van der Waals surface area contributed by atoms with Gasteiger partial charge in [0.2, 0.25) is 23.6 Å². The molecule has 4 atom stereocenters. The van der Waals surface area contributed by atoms with E-state index in [1.165, 1.54) is 0 Å². The van der Waals surface area contributed by atoms with Gasteiger partial charge >= 0.3 is 11.9 Å². The number of nitrogens with two attached hydrogens (primary N) is 3. The maximum atomic E-state index is 12.8. The molecule has 0 aromatic carbocycles. The fourth-order valence-electron chi connectivity index (χ4n) is 2.60. The van der Waals surface area contributed by atoms with Crippen LogP contribution in [0, 0.1) is 0 Å². The summed E-state index contributed by atoms with van der Waals surface area (Å²) >= 11 is 0. The zero-order valence-corrected chi connectivity index (χ0v) is 18.0. The molecule has 0 bridgehead atoms. The molecule has 0 saturated heterocycles. The number of nitrogens with one attached hydrogen (secondary N) is 3. The van der Waals surface area contributed by atoms with Gasteiger partial charge in [0.05, 0.1) is 13.0 Å². The highest BCUT2D eigenvalue weighted by Gasteiger charge is 2.31. The van der Waals surface area contributed by atoms with Gasteiger partial charge in [-0.15, -0.1) is 0 Å². The van der Waals surface area contributed by atoms with Crippen LogP contribution in [0.25, 0.3) is 0 Å².